The summed E-state index contributed by atoms with van der Waals surface area (Å²) in [5.74, 6) is -1.27. The van der Waals surface area contributed by atoms with Crippen LogP contribution in [0.25, 0.3) is 0 Å². The number of ether oxygens (including phenoxy) is 1. The van der Waals surface area contributed by atoms with Gasteiger partial charge in [0, 0.05) is 12.1 Å². The van der Waals surface area contributed by atoms with Crippen molar-refractivity contribution < 1.29 is 27.1 Å². The fourth-order valence-electron chi connectivity index (χ4n) is 3.87. The van der Waals surface area contributed by atoms with Crippen LogP contribution in [0.4, 0.5) is 10.1 Å². The van der Waals surface area contributed by atoms with E-state index in [1.54, 1.807) is 49.4 Å². The van der Waals surface area contributed by atoms with Crippen LogP contribution in [0.2, 0.25) is 0 Å². The van der Waals surface area contributed by atoms with E-state index in [9.17, 15) is 22.4 Å². The fourth-order valence-corrected chi connectivity index (χ4v) is 5.31. The number of hydrogen-bond acceptors (Lipinski definition) is 5. The van der Waals surface area contributed by atoms with Crippen molar-refractivity contribution in [1.82, 2.24) is 10.2 Å². The van der Waals surface area contributed by atoms with Gasteiger partial charge in [0.2, 0.25) is 11.8 Å². The zero-order valence-electron chi connectivity index (χ0n) is 22.7. The summed E-state index contributed by atoms with van der Waals surface area (Å²) < 4.78 is 48.2. The summed E-state index contributed by atoms with van der Waals surface area (Å²) in [6.45, 7) is 6.32. The van der Waals surface area contributed by atoms with Gasteiger partial charge in [0.05, 0.1) is 17.7 Å². The Labute approximate surface area is 229 Å². The summed E-state index contributed by atoms with van der Waals surface area (Å²) >= 11 is 0. The number of halogens is 1. The third kappa shape index (κ3) is 7.57. The van der Waals surface area contributed by atoms with Gasteiger partial charge in [-0.3, -0.25) is 13.9 Å². The second-order valence-electron chi connectivity index (χ2n) is 10.1. The van der Waals surface area contributed by atoms with Gasteiger partial charge in [-0.25, -0.2) is 12.8 Å². The molecule has 2 amide bonds. The summed E-state index contributed by atoms with van der Waals surface area (Å²) in [6.07, 6.45) is 0. The number of carbonyl (C=O) groups excluding carboxylic acids is 2. The predicted molar refractivity (Wildman–Crippen MR) is 148 cm³/mol. The molecule has 208 valence electrons. The zero-order chi connectivity index (χ0) is 28.8. The first-order valence-corrected chi connectivity index (χ1v) is 13.8. The number of nitrogens with zero attached hydrogens (tertiary/aromatic N) is 2. The van der Waals surface area contributed by atoms with Gasteiger partial charge in [0.15, 0.2) is 0 Å². The Bertz CT molecular complexity index is 1390. The first kappa shape index (κ1) is 29.6. The van der Waals surface area contributed by atoms with E-state index in [-0.39, 0.29) is 17.1 Å². The quantitative estimate of drug-likeness (QED) is 0.401. The number of anilines is 1. The van der Waals surface area contributed by atoms with Crippen LogP contribution >= 0.6 is 0 Å². The Balaban J connectivity index is 2.03. The molecule has 39 heavy (non-hydrogen) atoms. The van der Waals surface area contributed by atoms with E-state index in [1.165, 1.54) is 42.3 Å². The van der Waals surface area contributed by atoms with Gasteiger partial charge in [-0.1, -0.05) is 42.5 Å². The Morgan fingerprint density at radius 3 is 2.10 bits per heavy atom. The number of carbonyl (C=O) groups is 2. The Morgan fingerprint density at radius 1 is 0.949 bits per heavy atom. The molecule has 1 atom stereocenters. The lowest BCUT2D eigenvalue weighted by Crippen LogP contribution is -2.54. The van der Waals surface area contributed by atoms with Gasteiger partial charge in [0.1, 0.15) is 24.2 Å². The average molecular weight is 556 g/mol. The van der Waals surface area contributed by atoms with Crippen molar-refractivity contribution in [3.63, 3.8) is 0 Å². The molecule has 0 aliphatic heterocycles. The van der Waals surface area contributed by atoms with Gasteiger partial charge >= 0.3 is 0 Å². The topological polar surface area (TPSA) is 96.0 Å². The highest BCUT2D eigenvalue weighted by atomic mass is 32.2. The van der Waals surface area contributed by atoms with Crippen molar-refractivity contribution in [2.24, 2.45) is 0 Å². The molecule has 0 unspecified atom stereocenters. The van der Waals surface area contributed by atoms with Crippen LogP contribution in [0, 0.1) is 5.82 Å². The van der Waals surface area contributed by atoms with E-state index in [1.807, 2.05) is 20.8 Å². The molecule has 3 aromatic carbocycles. The van der Waals surface area contributed by atoms with Gasteiger partial charge in [-0.2, -0.15) is 0 Å². The largest absolute Gasteiger partial charge is 0.497 e. The lowest BCUT2D eigenvalue weighted by atomic mass is 10.1. The zero-order valence-corrected chi connectivity index (χ0v) is 23.5. The highest BCUT2D eigenvalue weighted by Crippen LogP contribution is 2.27. The van der Waals surface area contributed by atoms with Gasteiger partial charge in [0.25, 0.3) is 10.0 Å². The maximum absolute atomic E-state index is 14.9. The summed E-state index contributed by atoms with van der Waals surface area (Å²) in [7, 11) is -2.80. The number of amides is 2. The SMILES string of the molecule is COc1ccc(CN(C(=O)CN(c2ccccc2F)S(=O)(=O)c2ccccc2)[C@H](C)C(=O)NC(C)(C)C)cc1. The van der Waals surface area contributed by atoms with Crippen molar-refractivity contribution in [3.05, 3.63) is 90.2 Å². The summed E-state index contributed by atoms with van der Waals surface area (Å²) in [5, 5.41) is 2.86. The van der Waals surface area contributed by atoms with Crippen LogP contribution in [-0.4, -0.2) is 50.4 Å². The van der Waals surface area contributed by atoms with E-state index in [4.69, 9.17) is 4.74 Å². The number of sulfonamides is 1. The van der Waals surface area contributed by atoms with Crippen LogP contribution in [0.3, 0.4) is 0 Å². The molecule has 0 spiro atoms. The maximum atomic E-state index is 14.9. The molecular weight excluding hydrogens is 521 g/mol. The van der Waals surface area contributed by atoms with Crippen LogP contribution in [0.5, 0.6) is 5.75 Å². The minimum Gasteiger partial charge on any atom is -0.497 e. The van der Waals surface area contributed by atoms with E-state index < -0.39 is 45.8 Å². The first-order valence-electron chi connectivity index (χ1n) is 12.4. The van der Waals surface area contributed by atoms with Gasteiger partial charge in [-0.05, 0) is 69.7 Å². The summed E-state index contributed by atoms with van der Waals surface area (Å²) in [4.78, 5) is 28.1. The number of benzene rings is 3. The second kappa shape index (κ2) is 12.3. The lowest BCUT2D eigenvalue weighted by Gasteiger charge is -2.33. The summed E-state index contributed by atoms with van der Waals surface area (Å²) in [6, 6.07) is 18.8. The van der Waals surface area contributed by atoms with E-state index in [0.717, 1.165) is 10.4 Å². The van der Waals surface area contributed by atoms with Gasteiger partial charge in [-0.15, -0.1) is 0 Å². The van der Waals surface area contributed by atoms with Gasteiger partial charge < -0.3 is 15.0 Å². The minimum atomic E-state index is -4.33. The van der Waals surface area contributed by atoms with Crippen LogP contribution in [0.1, 0.15) is 33.3 Å². The van der Waals surface area contributed by atoms with Crippen LogP contribution < -0.4 is 14.4 Å². The van der Waals surface area contributed by atoms with Crippen LogP contribution in [-0.2, 0) is 26.2 Å². The molecule has 0 bridgehead atoms. The normalized spacial score (nSPS) is 12.4. The smallest absolute Gasteiger partial charge is 0.264 e. The molecule has 0 aromatic heterocycles. The monoisotopic (exact) mass is 555 g/mol. The standard InChI is InChI=1S/C29H34FN3O5S/c1-21(28(35)31-29(2,3)4)32(19-22-15-17-23(38-5)18-16-22)27(34)20-33(26-14-10-9-13-25(26)30)39(36,37)24-11-7-6-8-12-24/h6-18,21H,19-20H2,1-5H3,(H,31,35)/t21-/m1/s1. The van der Waals surface area contributed by atoms with Crippen molar-refractivity contribution in [2.45, 2.75) is 50.7 Å². The summed E-state index contributed by atoms with van der Waals surface area (Å²) in [5.41, 5.74) is -0.135. The fraction of sp³-hybridized carbons (Fsp3) is 0.310. The first-order chi connectivity index (χ1) is 18.3. The third-order valence-electron chi connectivity index (χ3n) is 5.91. The van der Waals surface area contributed by atoms with Crippen LogP contribution in [0.15, 0.2) is 83.8 Å². The maximum Gasteiger partial charge on any atom is 0.264 e. The minimum absolute atomic E-state index is 0.0120. The highest BCUT2D eigenvalue weighted by molar-refractivity contribution is 7.92. The Hall–Kier alpha value is -3.92. The van der Waals surface area contributed by atoms with Crippen molar-refractivity contribution >= 4 is 27.5 Å². The number of para-hydroxylation sites is 1. The molecule has 0 radical (unpaired) electrons. The average Bonchev–Trinajstić information content (AvgIpc) is 2.90. The molecule has 0 aliphatic carbocycles. The number of methoxy groups -OCH3 is 1. The molecule has 0 saturated carbocycles. The Morgan fingerprint density at radius 2 is 1.54 bits per heavy atom. The van der Waals surface area contributed by atoms with E-state index in [2.05, 4.69) is 5.32 Å². The molecular formula is C29H34FN3O5S. The predicted octanol–water partition coefficient (Wildman–Crippen LogP) is 4.36. The molecule has 3 aromatic rings. The molecule has 0 aliphatic rings. The number of rotatable bonds is 10. The second-order valence-corrected chi connectivity index (χ2v) is 11.9. The van der Waals surface area contributed by atoms with E-state index in [0.29, 0.717) is 11.3 Å². The molecule has 1 N–H and O–H groups in total. The lowest BCUT2D eigenvalue weighted by molar-refractivity contribution is -0.140. The van der Waals surface area contributed by atoms with E-state index >= 15 is 0 Å². The van der Waals surface area contributed by atoms with Crippen molar-refractivity contribution in [1.29, 1.82) is 0 Å². The Kier molecular flexibility index (Phi) is 9.34. The number of nitrogens with one attached hydrogen (secondary N) is 1. The molecule has 10 heteroatoms. The number of hydrogen-bond donors (Lipinski definition) is 1. The van der Waals surface area contributed by atoms with Crippen molar-refractivity contribution in [3.8, 4) is 5.75 Å². The molecule has 0 heterocycles. The molecule has 0 fully saturated rings. The molecule has 0 saturated heterocycles. The molecule has 8 nitrogen and oxygen atoms in total. The van der Waals surface area contributed by atoms with Crippen molar-refractivity contribution in [2.75, 3.05) is 18.0 Å². The highest BCUT2D eigenvalue weighted by Gasteiger charge is 2.34. The molecule has 3 rings (SSSR count). The third-order valence-corrected chi connectivity index (χ3v) is 7.68.